The highest BCUT2D eigenvalue weighted by Gasteiger charge is 2.20. The second-order valence-electron chi connectivity index (χ2n) is 6.09. The molecule has 0 aliphatic heterocycles. The normalized spacial score (nSPS) is 13.1. The van der Waals surface area contributed by atoms with Crippen molar-refractivity contribution in [3.63, 3.8) is 0 Å². The zero-order chi connectivity index (χ0) is 14.1. The molecule has 108 valence electrons. The van der Waals surface area contributed by atoms with Crippen LogP contribution in [0.2, 0.25) is 0 Å². The van der Waals surface area contributed by atoms with Gasteiger partial charge in [-0.25, -0.2) is 0 Å². The molecule has 0 saturated heterocycles. The largest absolute Gasteiger partial charge is 0.341 e. The standard InChI is InChI=1S/C15H32N2O/c1-6-7-14(16)15(18)17(10-8-12(2)3)11-9-13(4)5/h12-14H,6-11,16H2,1-5H3/t14-/m1/s1. The fourth-order valence-corrected chi connectivity index (χ4v) is 1.83. The van der Waals surface area contributed by atoms with Gasteiger partial charge in [-0.15, -0.1) is 0 Å². The van der Waals surface area contributed by atoms with Crippen molar-refractivity contribution in [3.8, 4) is 0 Å². The molecule has 0 bridgehead atoms. The van der Waals surface area contributed by atoms with Crippen molar-refractivity contribution in [1.29, 1.82) is 0 Å². The third-order valence-electron chi connectivity index (χ3n) is 3.18. The molecule has 3 heteroatoms. The van der Waals surface area contributed by atoms with Crippen molar-refractivity contribution in [2.45, 2.75) is 66.3 Å². The van der Waals surface area contributed by atoms with E-state index in [4.69, 9.17) is 5.73 Å². The third kappa shape index (κ3) is 7.70. The second kappa shape index (κ2) is 9.37. The van der Waals surface area contributed by atoms with Crippen molar-refractivity contribution in [1.82, 2.24) is 4.90 Å². The Labute approximate surface area is 113 Å². The van der Waals surface area contributed by atoms with Crippen LogP contribution in [0.25, 0.3) is 0 Å². The van der Waals surface area contributed by atoms with Crippen molar-refractivity contribution in [3.05, 3.63) is 0 Å². The maximum Gasteiger partial charge on any atom is 0.239 e. The minimum atomic E-state index is -0.311. The van der Waals surface area contributed by atoms with Gasteiger partial charge in [0, 0.05) is 13.1 Å². The van der Waals surface area contributed by atoms with Gasteiger partial charge in [0.15, 0.2) is 0 Å². The predicted octanol–water partition coefficient (Wildman–Crippen LogP) is 3.03. The molecule has 0 fully saturated rings. The highest BCUT2D eigenvalue weighted by Crippen LogP contribution is 2.09. The number of amides is 1. The molecule has 0 aromatic carbocycles. The molecule has 0 unspecified atom stereocenters. The van der Waals surface area contributed by atoms with Crippen LogP contribution in [-0.4, -0.2) is 29.9 Å². The molecule has 0 aliphatic carbocycles. The van der Waals surface area contributed by atoms with Crippen LogP contribution in [-0.2, 0) is 4.79 Å². The van der Waals surface area contributed by atoms with Crippen LogP contribution >= 0.6 is 0 Å². The summed E-state index contributed by atoms with van der Waals surface area (Å²) >= 11 is 0. The van der Waals surface area contributed by atoms with Crippen LogP contribution in [0.5, 0.6) is 0 Å². The fraction of sp³-hybridized carbons (Fsp3) is 0.933. The zero-order valence-electron chi connectivity index (χ0n) is 12.9. The quantitative estimate of drug-likeness (QED) is 0.689. The second-order valence-corrected chi connectivity index (χ2v) is 6.09. The van der Waals surface area contributed by atoms with Gasteiger partial charge in [0.1, 0.15) is 0 Å². The molecule has 0 saturated carbocycles. The zero-order valence-corrected chi connectivity index (χ0v) is 12.9. The molecule has 0 aliphatic rings. The molecule has 0 aromatic heterocycles. The number of carbonyl (C=O) groups excluding carboxylic acids is 1. The Morgan fingerprint density at radius 3 is 1.78 bits per heavy atom. The average Bonchev–Trinajstić information content (AvgIpc) is 2.28. The van der Waals surface area contributed by atoms with Crippen molar-refractivity contribution < 1.29 is 4.79 Å². The molecule has 0 aromatic rings. The number of nitrogens with zero attached hydrogens (tertiary/aromatic N) is 1. The van der Waals surface area contributed by atoms with Crippen molar-refractivity contribution in [2.75, 3.05) is 13.1 Å². The molecule has 1 atom stereocenters. The predicted molar refractivity (Wildman–Crippen MR) is 78.4 cm³/mol. The summed E-state index contributed by atoms with van der Waals surface area (Å²) in [4.78, 5) is 14.2. The van der Waals surface area contributed by atoms with Crippen molar-refractivity contribution in [2.24, 2.45) is 17.6 Å². The van der Waals surface area contributed by atoms with Gasteiger partial charge in [0.05, 0.1) is 6.04 Å². The Morgan fingerprint density at radius 1 is 1.00 bits per heavy atom. The van der Waals surface area contributed by atoms with Crippen LogP contribution in [0.15, 0.2) is 0 Å². The lowest BCUT2D eigenvalue weighted by molar-refractivity contribution is -0.133. The summed E-state index contributed by atoms with van der Waals surface area (Å²) < 4.78 is 0. The first-order valence-corrected chi connectivity index (χ1v) is 7.42. The maximum atomic E-state index is 12.3. The first-order chi connectivity index (χ1) is 8.38. The van der Waals surface area contributed by atoms with Gasteiger partial charge in [0.2, 0.25) is 5.91 Å². The topological polar surface area (TPSA) is 46.3 Å². The van der Waals surface area contributed by atoms with Crippen molar-refractivity contribution >= 4 is 5.91 Å². The minimum absolute atomic E-state index is 0.137. The van der Waals surface area contributed by atoms with E-state index in [-0.39, 0.29) is 11.9 Å². The number of hydrogen-bond donors (Lipinski definition) is 1. The van der Waals surface area contributed by atoms with Crippen LogP contribution in [0.4, 0.5) is 0 Å². The lowest BCUT2D eigenvalue weighted by Crippen LogP contribution is -2.45. The van der Waals surface area contributed by atoms with Gasteiger partial charge < -0.3 is 10.6 Å². The van der Waals surface area contributed by atoms with E-state index in [1.165, 1.54) is 0 Å². The van der Waals surface area contributed by atoms with Gasteiger partial charge in [-0.1, -0.05) is 41.0 Å². The highest BCUT2D eigenvalue weighted by molar-refractivity contribution is 5.81. The molecule has 0 radical (unpaired) electrons. The van der Waals surface area contributed by atoms with Crippen LogP contribution in [0, 0.1) is 11.8 Å². The molecule has 18 heavy (non-hydrogen) atoms. The van der Waals surface area contributed by atoms with Gasteiger partial charge in [-0.2, -0.15) is 0 Å². The molecule has 0 rings (SSSR count). The summed E-state index contributed by atoms with van der Waals surface area (Å²) in [6, 6.07) is -0.311. The molecule has 3 nitrogen and oxygen atoms in total. The Morgan fingerprint density at radius 2 is 1.44 bits per heavy atom. The summed E-state index contributed by atoms with van der Waals surface area (Å²) in [5, 5.41) is 0. The minimum Gasteiger partial charge on any atom is -0.341 e. The number of rotatable bonds is 9. The molecular formula is C15H32N2O. The Balaban J connectivity index is 4.37. The number of nitrogens with two attached hydrogens (primary N) is 1. The first kappa shape index (κ1) is 17.4. The van der Waals surface area contributed by atoms with E-state index in [2.05, 4.69) is 34.6 Å². The van der Waals surface area contributed by atoms with E-state index >= 15 is 0 Å². The smallest absolute Gasteiger partial charge is 0.239 e. The van der Waals surface area contributed by atoms with E-state index in [9.17, 15) is 4.79 Å². The molecule has 0 heterocycles. The number of hydrogen-bond acceptors (Lipinski definition) is 2. The summed E-state index contributed by atoms with van der Waals surface area (Å²) in [5.41, 5.74) is 5.95. The van der Waals surface area contributed by atoms with Gasteiger partial charge in [-0.3, -0.25) is 4.79 Å². The van der Waals surface area contributed by atoms with E-state index in [0.29, 0.717) is 11.8 Å². The van der Waals surface area contributed by atoms with E-state index in [1.54, 1.807) is 0 Å². The van der Waals surface area contributed by atoms with Gasteiger partial charge in [0.25, 0.3) is 0 Å². The Bertz CT molecular complexity index is 215. The van der Waals surface area contributed by atoms with E-state index < -0.39 is 0 Å². The summed E-state index contributed by atoms with van der Waals surface area (Å²) in [5.74, 6) is 1.39. The lowest BCUT2D eigenvalue weighted by Gasteiger charge is -2.27. The van der Waals surface area contributed by atoms with Crippen LogP contribution < -0.4 is 5.73 Å². The van der Waals surface area contributed by atoms with Crippen LogP contribution in [0.3, 0.4) is 0 Å². The monoisotopic (exact) mass is 256 g/mol. The Kier molecular flexibility index (Phi) is 9.08. The lowest BCUT2D eigenvalue weighted by atomic mass is 10.1. The highest BCUT2D eigenvalue weighted by atomic mass is 16.2. The third-order valence-corrected chi connectivity index (χ3v) is 3.18. The van der Waals surface area contributed by atoms with Gasteiger partial charge in [-0.05, 0) is 31.1 Å². The maximum absolute atomic E-state index is 12.3. The summed E-state index contributed by atoms with van der Waals surface area (Å²) in [7, 11) is 0. The fourth-order valence-electron chi connectivity index (χ4n) is 1.83. The summed E-state index contributed by atoms with van der Waals surface area (Å²) in [6.07, 6.45) is 3.87. The number of carbonyl (C=O) groups is 1. The van der Waals surface area contributed by atoms with E-state index in [0.717, 1.165) is 38.8 Å². The Hall–Kier alpha value is -0.570. The van der Waals surface area contributed by atoms with E-state index in [1.807, 2.05) is 4.90 Å². The molecular weight excluding hydrogens is 224 g/mol. The molecule has 0 spiro atoms. The average molecular weight is 256 g/mol. The van der Waals surface area contributed by atoms with Gasteiger partial charge >= 0.3 is 0 Å². The molecule has 2 N–H and O–H groups in total. The molecule has 1 amide bonds. The SMILES string of the molecule is CCC[C@@H](N)C(=O)N(CCC(C)C)CCC(C)C. The summed E-state index contributed by atoms with van der Waals surface area (Å²) in [6.45, 7) is 12.5. The van der Waals surface area contributed by atoms with Crippen LogP contribution in [0.1, 0.15) is 60.3 Å². The first-order valence-electron chi connectivity index (χ1n) is 7.42.